The van der Waals surface area contributed by atoms with Crippen molar-refractivity contribution in [2.45, 2.75) is 6.18 Å². The van der Waals surface area contributed by atoms with Gasteiger partial charge >= 0.3 is 6.18 Å². The van der Waals surface area contributed by atoms with E-state index in [1.165, 1.54) is 24.5 Å². The highest BCUT2D eigenvalue weighted by Crippen LogP contribution is 2.30. The van der Waals surface area contributed by atoms with E-state index in [1.54, 1.807) is 0 Å². The Bertz CT molecular complexity index is 625. The van der Waals surface area contributed by atoms with Gasteiger partial charge in [-0.2, -0.15) is 13.2 Å². The van der Waals surface area contributed by atoms with E-state index in [0.29, 0.717) is 11.5 Å². The Hall–Kier alpha value is -2.22. The summed E-state index contributed by atoms with van der Waals surface area (Å²) in [6, 6.07) is 4.53. The molecule has 0 spiro atoms. The Morgan fingerprint density at radius 2 is 1.70 bits per heavy atom. The van der Waals surface area contributed by atoms with Gasteiger partial charge < -0.3 is 11.1 Å². The average Bonchev–Trinajstić information content (AvgIpc) is 2.38. The van der Waals surface area contributed by atoms with Gasteiger partial charge in [0.2, 0.25) is 0 Å². The Morgan fingerprint density at radius 1 is 1.10 bits per heavy atom. The van der Waals surface area contributed by atoms with Crippen molar-refractivity contribution in [3.05, 3.63) is 47.9 Å². The van der Waals surface area contributed by atoms with Crippen molar-refractivity contribution in [1.82, 2.24) is 9.97 Å². The van der Waals surface area contributed by atoms with Crippen molar-refractivity contribution in [1.29, 1.82) is 0 Å². The van der Waals surface area contributed by atoms with Crippen LogP contribution in [0, 0.1) is 0 Å². The summed E-state index contributed by atoms with van der Waals surface area (Å²) in [5, 5.41) is 2.82. The number of alkyl halides is 3. The SMILES string of the molecule is NC(=S)c1nccnc1Nc1ccc(C(F)(F)F)cc1. The molecule has 0 aliphatic carbocycles. The Labute approximate surface area is 117 Å². The molecule has 0 radical (unpaired) electrons. The molecular formula is C12H9F3N4S. The molecule has 0 bridgehead atoms. The van der Waals surface area contributed by atoms with E-state index in [1.807, 2.05) is 0 Å². The van der Waals surface area contributed by atoms with Crippen LogP contribution in [0.25, 0.3) is 0 Å². The van der Waals surface area contributed by atoms with Gasteiger partial charge in [-0.3, -0.25) is 0 Å². The molecule has 4 nitrogen and oxygen atoms in total. The fourth-order valence-electron chi connectivity index (χ4n) is 1.49. The second-order valence-electron chi connectivity index (χ2n) is 3.82. The number of aromatic nitrogens is 2. The molecule has 2 rings (SSSR count). The number of thiocarbonyl (C=S) groups is 1. The molecule has 0 atom stereocenters. The smallest absolute Gasteiger partial charge is 0.388 e. The average molecular weight is 298 g/mol. The number of halogens is 3. The fourth-order valence-corrected chi connectivity index (χ4v) is 1.64. The fraction of sp³-hybridized carbons (Fsp3) is 0.0833. The minimum Gasteiger partial charge on any atom is -0.388 e. The summed E-state index contributed by atoms with van der Waals surface area (Å²) in [4.78, 5) is 8.01. The third-order valence-corrected chi connectivity index (χ3v) is 2.60. The molecule has 0 amide bonds. The number of nitrogens with zero attached hydrogens (tertiary/aromatic N) is 2. The maximum Gasteiger partial charge on any atom is 0.416 e. The topological polar surface area (TPSA) is 63.8 Å². The number of nitrogens with one attached hydrogen (secondary N) is 1. The van der Waals surface area contributed by atoms with Crippen LogP contribution in [0.15, 0.2) is 36.7 Å². The highest BCUT2D eigenvalue weighted by Gasteiger charge is 2.29. The van der Waals surface area contributed by atoms with Crippen LogP contribution in [0.5, 0.6) is 0 Å². The van der Waals surface area contributed by atoms with Gasteiger partial charge in [-0.25, -0.2) is 9.97 Å². The number of hydrogen-bond acceptors (Lipinski definition) is 4. The molecule has 1 heterocycles. The first-order valence-corrected chi connectivity index (χ1v) is 5.84. The lowest BCUT2D eigenvalue weighted by Crippen LogP contribution is -2.15. The molecule has 0 saturated heterocycles. The lowest BCUT2D eigenvalue weighted by molar-refractivity contribution is -0.137. The number of hydrogen-bond donors (Lipinski definition) is 2. The third-order valence-electron chi connectivity index (χ3n) is 2.41. The summed E-state index contributed by atoms with van der Waals surface area (Å²) >= 11 is 4.82. The Kier molecular flexibility index (Phi) is 3.84. The lowest BCUT2D eigenvalue weighted by atomic mass is 10.2. The maximum absolute atomic E-state index is 12.4. The van der Waals surface area contributed by atoms with E-state index >= 15 is 0 Å². The first-order chi connectivity index (χ1) is 9.38. The van der Waals surface area contributed by atoms with E-state index in [2.05, 4.69) is 15.3 Å². The quantitative estimate of drug-likeness (QED) is 0.853. The summed E-state index contributed by atoms with van der Waals surface area (Å²) in [6.07, 6.45) is -1.52. The van der Waals surface area contributed by atoms with Crippen LogP contribution in [0.1, 0.15) is 11.3 Å². The van der Waals surface area contributed by atoms with Crippen LogP contribution >= 0.6 is 12.2 Å². The van der Waals surface area contributed by atoms with Crippen LogP contribution in [0.2, 0.25) is 0 Å². The number of nitrogens with two attached hydrogens (primary N) is 1. The molecule has 1 aromatic heterocycles. The predicted octanol–water partition coefficient (Wildman–Crippen LogP) is 2.87. The first kappa shape index (κ1) is 14.2. The van der Waals surface area contributed by atoms with Gasteiger partial charge in [0.15, 0.2) is 5.82 Å². The van der Waals surface area contributed by atoms with Crippen molar-refractivity contribution in [2.24, 2.45) is 5.73 Å². The monoisotopic (exact) mass is 298 g/mol. The lowest BCUT2D eigenvalue weighted by Gasteiger charge is -2.10. The molecule has 0 unspecified atom stereocenters. The zero-order valence-electron chi connectivity index (χ0n) is 9.98. The normalized spacial score (nSPS) is 11.2. The molecule has 1 aromatic carbocycles. The third kappa shape index (κ3) is 3.21. The van der Waals surface area contributed by atoms with Crippen molar-refractivity contribution >= 4 is 28.7 Å². The number of anilines is 2. The van der Waals surface area contributed by atoms with Crippen molar-refractivity contribution in [2.75, 3.05) is 5.32 Å². The zero-order valence-corrected chi connectivity index (χ0v) is 10.8. The Balaban J connectivity index is 2.25. The van der Waals surface area contributed by atoms with Crippen LogP contribution in [0.3, 0.4) is 0 Å². The standard InChI is InChI=1S/C12H9F3N4S/c13-12(14,15)7-1-3-8(4-2-7)19-11-9(10(16)20)17-5-6-18-11/h1-6H,(H2,16,20)(H,18,19). The van der Waals surface area contributed by atoms with E-state index in [0.717, 1.165) is 12.1 Å². The van der Waals surface area contributed by atoms with Crippen molar-refractivity contribution in [3.8, 4) is 0 Å². The summed E-state index contributed by atoms with van der Waals surface area (Å²) in [7, 11) is 0. The molecule has 2 aromatic rings. The molecule has 0 fully saturated rings. The highest BCUT2D eigenvalue weighted by atomic mass is 32.1. The van der Waals surface area contributed by atoms with E-state index < -0.39 is 11.7 Å². The van der Waals surface area contributed by atoms with Crippen LogP contribution in [0.4, 0.5) is 24.7 Å². The molecule has 0 aliphatic rings. The van der Waals surface area contributed by atoms with Gasteiger partial charge in [-0.1, -0.05) is 12.2 Å². The zero-order chi connectivity index (χ0) is 14.8. The predicted molar refractivity (Wildman–Crippen MR) is 72.6 cm³/mol. The molecule has 0 saturated carbocycles. The summed E-state index contributed by atoms with van der Waals surface area (Å²) < 4.78 is 37.3. The summed E-state index contributed by atoms with van der Waals surface area (Å²) in [5.41, 5.74) is 5.47. The van der Waals surface area contributed by atoms with E-state index in [4.69, 9.17) is 18.0 Å². The van der Waals surface area contributed by atoms with Gasteiger partial charge in [-0.15, -0.1) is 0 Å². The molecule has 104 valence electrons. The number of rotatable bonds is 3. The van der Waals surface area contributed by atoms with Gasteiger partial charge in [0.25, 0.3) is 0 Å². The Morgan fingerprint density at radius 3 is 2.25 bits per heavy atom. The summed E-state index contributed by atoms with van der Waals surface area (Å²) in [5.74, 6) is 0.291. The second kappa shape index (κ2) is 5.41. The van der Waals surface area contributed by atoms with Gasteiger partial charge in [0.1, 0.15) is 10.7 Å². The molecule has 3 N–H and O–H groups in total. The maximum atomic E-state index is 12.4. The molecule has 8 heteroatoms. The summed E-state index contributed by atoms with van der Waals surface area (Å²) in [6.45, 7) is 0. The van der Waals surface area contributed by atoms with Gasteiger partial charge in [0, 0.05) is 18.1 Å². The molecule has 20 heavy (non-hydrogen) atoms. The van der Waals surface area contributed by atoms with Crippen molar-refractivity contribution in [3.63, 3.8) is 0 Å². The van der Waals surface area contributed by atoms with Gasteiger partial charge in [0.05, 0.1) is 5.56 Å². The molecule has 0 aliphatic heterocycles. The first-order valence-electron chi connectivity index (χ1n) is 5.43. The number of benzene rings is 1. The molecular weight excluding hydrogens is 289 g/mol. The second-order valence-corrected chi connectivity index (χ2v) is 4.26. The van der Waals surface area contributed by atoms with Gasteiger partial charge in [-0.05, 0) is 24.3 Å². The van der Waals surface area contributed by atoms with Crippen LogP contribution in [-0.4, -0.2) is 15.0 Å². The van der Waals surface area contributed by atoms with Crippen LogP contribution < -0.4 is 11.1 Å². The minimum atomic E-state index is -4.37. The van der Waals surface area contributed by atoms with Crippen molar-refractivity contribution < 1.29 is 13.2 Å². The highest BCUT2D eigenvalue weighted by molar-refractivity contribution is 7.80. The largest absolute Gasteiger partial charge is 0.416 e. The van der Waals surface area contributed by atoms with E-state index in [-0.39, 0.29) is 10.7 Å². The van der Waals surface area contributed by atoms with Crippen LogP contribution in [-0.2, 0) is 6.18 Å². The van der Waals surface area contributed by atoms with E-state index in [9.17, 15) is 13.2 Å². The minimum absolute atomic E-state index is 0.0486.